The fraction of sp³-hybridized carbons (Fsp3) is 0. The Balaban J connectivity index is 2.28. The lowest BCUT2D eigenvalue weighted by molar-refractivity contribution is 0.587. The van der Waals surface area contributed by atoms with Crippen molar-refractivity contribution in [1.29, 1.82) is 0 Å². The van der Waals surface area contributed by atoms with Crippen LogP contribution in [0.2, 0.25) is 0 Å². The molecule has 3 aromatic rings. The molecule has 0 radical (unpaired) electrons. The molecule has 6 heteroatoms. The van der Waals surface area contributed by atoms with Gasteiger partial charge in [0.15, 0.2) is 0 Å². The van der Waals surface area contributed by atoms with Crippen LogP contribution in [-0.2, 0) is 0 Å². The maximum absolute atomic E-state index is 13.2. The first kappa shape index (κ1) is 10.5. The Kier molecular flexibility index (Phi) is 2.16. The van der Waals surface area contributed by atoms with Gasteiger partial charge < -0.3 is 4.98 Å². The number of halogens is 1. The van der Waals surface area contributed by atoms with Crippen LogP contribution >= 0.6 is 0 Å². The molecule has 0 saturated heterocycles. The van der Waals surface area contributed by atoms with Crippen molar-refractivity contribution in [3.8, 4) is 5.69 Å². The van der Waals surface area contributed by atoms with E-state index >= 15 is 0 Å². The highest BCUT2D eigenvalue weighted by Gasteiger charge is 2.06. The van der Waals surface area contributed by atoms with Crippen molar-refractivity contribution in [2.75, 3.05) is 0 Å². The highest BCUT2D eigenvalue weighted by molar-refractivity contribution is 5.81. The molecule has 1 aromatic carbocycles. The Labute approximate surface area is 99.5 Å². The first-order valence-electron chi connectivity index (χ1n) is 5.24. The summed E-state index contributed by atoms with van der Waals surface area (Å²) >= 11 is 0. The van der Waals surface area contributed by atoms with E-state index in [1.54, 1.807) is 24.4 Å². The molecule has 3 rings (SSSR count). The van der Waals surface area contributed by atoms with Crippen LogP contribution in [0.15, 0.2) is 46.2 Å². The van der Waals surface area contributed by atoms with Gasteiger partial charge in [0.1, 0.15) is 0 Å². The van der Waals surface area contributed by atoms with Gasteiger partial charge in [-0.25, -0.2) is 4.79 Å². The van der Waals surface area contributed by atoms with E-state index in [4.69, 9.17) is 0 Å². The predicted molar refractivity (Wildman–Crippen MR) is 64.5 cm³/mol. The molecule has 0 bridgehead atoms. The Bertz CT molecular complexity index is 844. The molecule has 0 unspecified atom stereocenters. The molecular weight excluding hydrogens is 237 g/mol. The molecule has 0 aliphatic carbocycles. The molecule has 0 saturated carbocycles. The molecule has 0 aliphatic rings. The van der Waals surface area contributed by atoms with Crippen LogP contribution in [0.25, 0.3) is 16.6 Å². The van der Waals surface area contributed by atoms with Gasteiger partial charge in [-0.1, -0.05) is 6.07 Å². The van der Waals surface area contributed by atoms with Crippen LogP contribution in [0.1, 0.15) is 0 Å². The van der Waals surface area contributed by atoms with Crippen molar-refractivity contribution >= 4 is 10.9 Å². The van der Waals surface area contributed by atoms with Crippen LogP contribution in [-0.4, -0.2) is 14.5 Å². The molecule has 0 spiro atoms. The van der Waals surface area contributed by atoms with Crippen LogP contribution in [0.5, 0.6) is 0 Å². The molecule has 0 fully saturated rings. The van der Waals surface area contributed by atoms with Crippen LogP contribution < -0.4 is 11.2 Å². The number of rotatable bonds is 1. The number of aromatic amines is 2. The van der Waals surface area contributed by atoms with E-state index in [0.717, 1.165) is 21.7 Å². The van der Waals surface area contributed by atoms with E-state index in [0.29, 0.717) is 5.69 Å². The number of aromatic nitrogens is 3. The van der Waals surface area contributed by atoms with E-state index in [-0.39, 0.29) is 0 Å². The lowest BCUT2D eigenvalue weighted by Crippen LogP contribution is -2.30. The SMILES string of the molecule is O=c1[nH]c(=O)n(-c2ccc3cc[nH]c3c2)cc1F. The second-order valence-corrected chi connectivity index (χ2v) is 3.86. The zero-order valence-electron chi connectivity index (χ0n) is 9.11. The molecule has 0 aliphatic heterocycles. The maximum Gasteiger partial charge on any atom is 0.333 e. The number of fused-ring (bicyclic) bond motifs is 1. The quantitative estimate of drug-likeness (QED) is 0.675. The van der Waals surface area contributed by atoms with Crippen molar-refractivity contribution in [3.63, 3.8) is 0 Å². The lowest BCUT2D eigenvalue weighted by Gasteiger charge is -2.04. The highest BCUT2D eigenvalue weighted by atomic mass is 19.1. The van der Waals surface area contributed by atoms with Gasteiger partial charge in [0.25, 0.3) is 5.56 Å². The van der Waals surface area contributed by atoms with Gasteiger partial charge in [-0.3, -0.25) is 14.3 Å². The molecular formula is C12H8FN3O2. The number of hydrogen-bond acceptors (Lipinski definition) is 2. The second-order valence-electron chi connectivity index (χ2n) is 3.86. The van der Waals surface area contributed by atoms with Gasteiger partial charge in [-0.15, -0.1) is 0 Å². The summed E-state index contributed by atoms with van der Waals surface area (Å²) in [5.41, 5.74) is -0.388. The van der Waals surface area contributed by atoms with Gasteiger partial charge in [0, 0.05) is 11.7 Å². The standard InChI is InChI=1S/C12H8FN3O2/c13-9-6-16(12(18)15-11(9)17)8-2-1-7-3-4-14-10(7)5-8/h1-6,14H,(H,15,17,18). The second kappa shape index (κ2) is 3.69. The topological polar surface area (TPSA) is 70.7 Å². The number of nitrogens with zero attached hydrogens (tertiary/aromatic N) is 1. The first-order valence-corrected chi connectivity index (χ1v) is 5.24. The minimum absolute atomic E-state index is 0.477. The molecule has 5 nitrogen and oxygen atoms in total. The Hall–Kier alpha value is -2.63. The van der Waals surface area contributed by atoms with Gasteiger partial charge in [-0.2, -0.15) is 4.39 Å². The van der Waals surface area contributed by atoms with Gasteiger partial charge in [0.2, 0.25) is 5.82 Å². The average molecular weight is 245 g/mol. The zero-order valence-corrected chi connectivity index (χ0v) is 9.11. The largest absolute Gasteiger partial charge is 0.361 e. The highest BCUT2D eigenvalue weighted by Crippen LogP contribution is 2.15. The van der Waals surface area contributed by atoms with Crippen LogP contribution in [0.4, 0.5) is 4.39 Å². The van der Waals surface area contributed by atoms with Crippen molar-refractivity contribution in [3.05, 3.63) is 63.3 Å². The summed E-state index contributed by atoms with van der Waals surface area (Å²) in [4.78, 5) is 27.5. The summed E-state index contributed by atoms with van der Waals surface area (Å²) in [5, 5.41) is 0.983. The summed E-state index contributed by atoms with van der Waals surface area (Å²) in [6.45, 7) is 0. The monoisotopic (exact) mass is 245 g/mol. The van der Waals surface area contributed by atoms with E-state index < -0.39 is 17.1 Å². The minimum atomic E-state index is -1.02. The summed E-state index contributed by atoms with van der Waals surface area (Å²) in [7, 11) is 0. The lowest BCUT2D eigenvalue weighted by atomic mass is 10.2. The van der Waals surface area contributed by atoms with Crippen molar-refractivity contribution in [2.45, 2.75) is 0 Å². The maximum atomic E-state index is 13.2. The number of benzene rings is 1. The summed E-state index contributed by atoms with van der Waals surface area (Å²) < 4.78 is 14.2. The fourth-order valence-electron chi connectivity index (χ4n) is 1.83. The van der Waals surface area contributed by atoms with E-state index in [1.165, 1.54) is 0 Å². The molecule has 2 aromatic heterocycles. The molecule has 0 atom stereocenters. The number of nitrogens with one attached hydrogen (secondary N) is 2. The van der Waals surface area contributed by atoms with E-state index in [1.807, 2.05) is 11.1 Å². The molecule has 18 heavy (non-hydrogen) atoms. The molecule has 2 heterocycles. The molecule has 2 N–H and O–H groups in total. The fourth-order valence-corrected chi connectivity index (χ4v) is 1.83. The third-order valence-electron chi connectivity index (χ3n) is 2.72. The first-order chi connectivity index (χ1) is 8.65. The van der Waals surface area contributed by atoms with Gasteiger partial charge >= 0.3 is 5.69 Å². The smallest absolute Gasteiger partial charge is 0.333 e. The van der Waals surface area contributed by atoms with E-state index in [9.17, 15) is 14.0 Å². The normalized spacial score (nSPS) is 10.9. The summed E-state index contributed by atoms with van der Waals surface area (Å²) in [5.74, 6) is -0.999. The minimum Gasteiger partial charge on any atom is -0.361 e. The van der Waals surface area contributed by atoms with Crippen molar-refractivity contribution in [1.82, 2.24) is 14.5 Å². The average Bonchev–Trinajstić information content (AvgIpc) is 2.80. The summed E-state index contributed by atoms with van der Waals surface area (Å²) in [6.07, 6.45) is 2.65. The summed E-state index contributed by atoms with van der Waals surface area (Å²) in [6, 6.07) is 7.07. The van der Waals surface area contributed by atoms with Gasteiger partial charge in [-0.05, 0) is 23.6 Å². The third kappa shape index (κ3) is 1.55. The Morgan fingerprint density at radius 2 is 2.00 bits per heavy atom. The van der Waals surface area contributed by atoms with Crippen molar-refractivity contribution < 1.29 is 4.39 Å². The zero-order chi connectivity index (χ0) is 12.7. The Morgan fingerprint density at radius 3 is 2.83 bits per heavy atom. The van der Waals surface area contributed by atoms with Crippen molar-refractivity contribution in [2.24, 2.45) is 0 Å². The van der Waals surface area contributed by atoms with Gasteiger partial charge in [0.05, 0.1) is 11.9 Å². The molecule has 90 valence electrons. The predicted octanol–water partition coefficient (Wildman–Crippen LogP) is 1.15. The number of H-pyrrole nitrogens is 2. The molecule has 0 amide bonds. The third-order valence-corrected chi connectivity index (χ3v) is 2.72. The Morgan fingerprint density at radius 1 is 1.17 bits per heavy atom. The number of hydrogen-bond donors (Lipinski definition) is 2. The van der Waals surface area contributed by atoms with Crippen LogP contribution in [0.3, 0.4) is 0 Å². The van der Waals surface area contributed by atoms with Crippen LogP contribution in [0, 0.1) is 5.82 Å². The van der Waals surface area contributed by atoms with E-state index in [2.05, 4.69) is 4.98 Å².